The van der Waals surface area contributed by atoms with Gasteiger partial charge in [0.2, 0.25) is 0 Å². The molecule has 0 amide bonds. The highest BCUT2D eigenvalue weighted by Gasteiger charge is 2.12. The van der Waals surface area contributed by atoms with Crippen LogP contribution in [0.15, 0.2) is 6.33 Å². The minimum Gasteiger partial charge on any atom is -0.319 e. The number of aryl methyl sites for hydroxylation is 2. The van der Waals surface area contributed by atoms with Gasteiger partial charge in [-0.15, -0.1) is 10.2 Å². The van der Waals surface area contributed by atoms with E-state index in [-0.39, 0.29) is 0 Å². The minimum atomic E-state index is 0.525. The van der Waals surface area contributed by atoms with Crippen molar-refractivity contribution in [1.82, 2.24) is 24.5 Å². The van der Waals surface area contributed by atoms with Crippen LogP contribution in [0.3, 0.4) is 0 Å². The molecule has 2 aromatic heterocycles. The molecule has 0 N–H and O–H groups in total. The van der Waals surface area contributed by atoms with E-state index < -0.39 is 0 Å². The Kier molecular flexibility index (Phi) is 2.55. The molecule has 6 heteroatoms. The predicted octanol–water partition coefficient (Wildman–Crippen LogP) is 0.489. The third-order valence-electron chi connectivity index (χ3n) is 2.65. The second-order valence-electron chi connectivity index (χ2n) is 3.72. The van der Waals surface area contributed by atoms with Gasteiger partial charge in [0, 0.05) is 12.7 Å². The van der Waals surface area contributed by atoms with E-state index in [1.165, 1.54) is 0 Å². The fourth-order valence-corrected chi connectivity index (χ4v) is 1.62. The van der Waals surface area contributed by atoms with Gasteiger partial charge in [-0.25, -0.2) is 0 Å². The molecule has 2 heterocycles. The van der Waals surface area contributed by atoms with Crippen molar-refractivity contribution in [3.05, 3.63) is 29.1 Å². The largest absolute Gasteiger partial charge is 0.319 e. The summed E-state index contributed by atoms with van der Waals surface area (Å²) in [6, 6.07) is 0. The molecule has 16 heavy (non-hydrogen) atoms. The summed E-state index contributed by atoms with van der Waals surface area (Å²) in [5.41, 5.74) is 2.26. The van der Waals surface area contributed by atoms with Gasteiger partial charge in [-0.2, -0.15) is 5.10 Å². The lowest BCUT2D eigenvalue weighted by atomic mass is 10.2. The molecule has 6 nitrogen and oxygen atoms in total. The number of carbonyl (C=O) groups excluding carboxylic acids is 1. The lowest BCUT2D eigenvalue weighted by molar-refractivity contribution is 0.112. The number of nitrogens with zero attached hydrogens (tertiary/aromatic N) is 5. The quantitative estimate of drug-likeness (QED) is 0.705. The highest BCUT2D eigenvalue weighted by molar-refractivity contribution is 5.78. The average Bonchev–Trinajstić information content (AvgIpc) is 2.74. The molecule has 0 aliphatic carbocycles. The Morgan fingerprint density at radius 1 is 1.44 bits per heavy atom. The molecule has 0 spiro atoms. The van der Waals surface area contributed by atoms with Crippen molar-refractivity contribution in [3.63, 3.8) is 0 Å². The molecule has 0 aliphatic rings. The van der Waals surface area contributed by atoms with Gasteiger partial charge < -0.3 is 4.57 Å². The van der Waals surface area contributed by atoms with E-state index in [9.17, 15) is 4.79 Å². The van der Waals surface area contributed by atoms with Gasteiger partial charge in [0.1, 0.15) is 12.9 Å². The van der Waals surface area contributed by atoms with E-state index in [1.54, 1.807) is 11.0 Å². The Labute approximate surface area is 92.9 Å². The van der Waals surface area contributed by atoms with Crippen molar-refractivity contribution in [2.24, 2.45) is 7.05 Å². The van der Waals surface area contributed by atoms with Crippen LogP contribution in [0.5, 0.6) is 0 Å². The summed E-state index contributed by atoms with van der Waals surface area (Å²) >= 11 is 0. The molecule has 0 saturated carbocycles. The number of hydrogen-bond acceptors (Lipinski definition) is 4. The second kappa shape index (κ2) is 3.88. The van der Waals surface area contributed by atoms with Crippen molar-refractivity contribution < 1.29 is 4.79 Å². The smallest absolute Gasteiger partial charge is 0.154 e. The Balaban J connectivity index is 2.36. The maximum atomic E-state index is 10.8. The maximum absolute atomic E-state index is 10.8. The van der Waals surface area contributed by atoms with Gasteiger partial charge >= 0.3 is 0 Å². The molecular weight excluding hydrogens is 206 g/mol. The minimum absolute atomic E-state index is 0.525. The van der Waals surface area contributed by atoms with Gasteiger partial charge in [-0.3, -0.25) is 9.48 Å². The van der Waals surface area contributed by atoms with Crippen LogP contribution in [0.1, 0.15) is 27.6 Å². The Bertz CT molecular complexity index is 525. The van der Waals surface area contributed by atoms with E-state index in [4.69, 9.17) is 0 Å². The zero-order chi connectivity index (χ0) is 11.7. The first-order valence-corrected chi connectivity index (χ1v) is 4.95. The number of aromatic nitrogens is 5. The fourth-order valence-electron chi connectivity index (χ4n) is 1.62. The topological polar surface area (TPSA) is 65.6 Å². The van der Waals surface area contributed by atoms with E-state index >= 15 is 0 Å². The molecule has 0 unspecified atom stereocenters. The van der Waals surface area contributed by atoms with Crippen molar-refractivity contribution in [2.45, 2.75) is 20.4 Å². The van der Waals surface area contributed by atoms with Gasteiger partial charge in [-0.05, 0) is 13.8 Å². The lowest BCUT2D eigenvalue weighted by Crippen LogP contribution is -2.09. The van der Waals surface area contributed by atoms with Crippen LogP contribution in [-0.2, 0) is 13.6 Å². The molecule has 0 radical (unpaired) electrons. The SMILES string of the molecule is Cc1nn(Cc2nncn2C)c(C)c1C=O. The van der Waals surface area contributed by atoms with E-state index in [2.05, 4.69) is 15.3 Å². The first kappa shape index (κ1) is 10.5. The molecule has 0 aromatic carbocycles. The van der Waals surface area contributed by atoms with Gasteiger partial charge in [0.05, 0.1) is 11.3 Å². The highest BCUT2D eigenvalue weighted by atomic mass is 16.1. The second-order valence-corrected chi connectivity index (χ2v) is 3.72. The maximum Gasteiger partial charge on any atom is 0.154 e. The molecule has 0 bridgehead atoms. The molecule has 84 valence electrons. The Morgan fingerprint density at radius 2 is 2.19 bits per heavy atom. The summed E-state index contributed by atoms with van der Waals surface area (Å²) in [4.78, 5) is 10.8. The lowest BCUT2D eigenvalue weighted by Gasteiger charge is -2.03. The summed E-state index contributed by atoms with van der Waals surface area (Å²) in [5, 5.41) is 12.1. The standard InChI is InChI=1S/C10H13N5O/c1-7-9(5-16)8(2)15(13-7)4-10-12-11-6-14(10)3/h5-6H,4H2,1-3H3. The molecule has 0 fully saturated rings. The summed E-state index contributed by atoms with van der Waals surface area (Å²) < 4.78 is 3.60. The van der Waals surface area contributed by atoms with Crippen LogP contribution in [0, 0.1) is 13.8 Å². The normalized spacial score (nSPS) is 10.7. The van der Waals surface area contributed by atoms with Crippen LogP contribution in [0.4, 0.5) is 0 Å². The van der Waals surface area contributed by atoms with Crippen LogP contribution in [-0.4, -0.2) is 30.8 Å². The molecule has 0 aliphatic heterocycles. The average molecular weight is 219 g/mol. The van der Waals surface area contributed by atoms with Gasteiger partial charge in [-0.1, -0.05) is 0 Å². The number of carbonyl (C=O) groups is 1. The number of aldehydes is 1. The van der Waals surface area contributed by atoms with Crippen molar-refractivity contribution in [2.75, 3.05) is 0 Å². The molecule has 2 rings (SSSR count). The van der Waals surface area contributed by atoms with E-state index in [1.807, 2.05) is 25.5 Å². The predicted molar refractivity (Wildman–Crippen MR) is 57.2 cm³/mol. The Hall–Kier alpha value is -1.98. The van der Waals surface area contributed by atoms with Crippen LogP contribution < -0.4 is 0 Å². The van der Waals surface area contributed by atoms with Crippen molar-refractivity contribution >= 4 is 6.29 Å². The fraction of sp³-hybridized carbons (Fsp3) is 0.400. The number of hydrogen-bond donors (Lipinski definition) is 0. The molecular formula is C10H13N5O. The van der Waals surface area contributed by atoms with E-state index in [0.717, 1.165) is 23.5 Å². The summed E-state index contributed by atoms with van der Waals surface area (Å²) in [5.74, 6) is 0.808. The van der Waals surface area contributed by atoms with Gasteiger partial charge in [0.15, 0.2) is 12.1 Å². The zero-order valence-corrected chi connectivity index (χ0v) is 9.51. The number of rotatable bonds is 3. The zero-order valence-electron chi connectivity index (χ0n) is 9.51. The summed E-state index contributed by atoms with van der Waals surface area (Å²) in [6.45, 7) is 4.22. The summed E-state index contributed by atoms with van der Waals surface area (Å²) in [7, 11) is 1.88. The molecule has 0 atom stereocenters. The monoisotopic (exact) mass is 219 g/mol. The van der Waals surface area contributed by atoms with Crippen molar-refractivity contribution in [1.29, 1.82) is 0 Å². The highest BCUT2D eigenvalue weighted by Crippen LogP contribution is 2.11. The van der Waals surface area contributed by atoms with Crippen LogP contribution in [0.25, 0.3) is 0 Å². The summed E-state index contributed by atoms with van der Waals surface area (Å²) in [6.07, 6.45) is 2.48. The molecule has 0 saturated heterocycles. The van der Waals surface area contributed by atoms with Crippen LogP contribution >= 0.6 is 0 Å². The Morgan fingerprint density at radius 3 is 2.69 bits per heavy atom. The van der Waals surface area contributed by atoms with E-state index in [0.29, 0.717) is 12.1 Å². The third kappa shape index (κ3) is 1.62. The third-order valence-corrected chi connectivity index (χ3v) is 2.65. The van der Waals surface area contributed by atoms with Crippen LogP contribution in [0.2, 0.25) is 0 Å². The first-order valence-electron chi connectivity index (χ1n) is 4.95. The first-order chi connectivity index (χ1) is 7.63. The van der Waals surface area contributed by atoms with Crippen molar-refractivity contribution in [3.8, 4) is 0 Å². The molecule has 2 aromatic rings. The van der Waals surface area contributed by atoms with Gasteiger partial charge in [0.25, 0.3) is 0 Å².